The van der Waals surface area contributed by atoms with Crippen molar-refractivity contribution < 1.29 is 9.18 Å². The quantitative estimate of drug-likeness (QED) is 0.699. The molecule has 14 heavy (non-hydrogen) atoms. The van der Waals surface area contributed by atoms with Gasteiger partial charge in [0.2, 0.25) is 5.78 Å². The van der Waals surface area contributed by atoms with Crippen molar-refractivity contribution in [2.45, 2.75) is 0 Å². The summed E-state index contributed by atoms with van der Waals surface area (Å²) in [5.41, 5.74) is 0.118. The second-order valence-electron chi connectivity index (χ2n) is 2.48. The van der Waals surface area contributed by atoms with Crippen LogP contribution in [0.1, 0.15) is 16.1 Å². The molecule has 0 radical (unpaired) electrons. The van der Waals surface area contributed by atoms with Gasteiger partial charge in [-0.3, -0.25) is 9.78 Å². The molecule has 0 aliphatic heterocycles. The summed E-state index contributed by atoms with van der Waals surface area (Å²) in [5, 5.41) is 0. The molecule has 0 aliphatic carbocycles. The molecule has 0 atom stereocenters. The summed E-state index contributed by atoms with van der Waals surface area (Å²) < 4.78 is 20.5. The first-order chi connectivity index (χ1) is 6.79. The number of hydrogen-bond acceptors (Lipinski definition) is 5. The molecular formula is C8H4FN3OS. The van der Waals surface area contributed by atoms with Crippen LogP contribution in [-0.4, -0.2) is 19.5 Å². The van der Waals surface area contributed by atoms with Gasteiger partial charge in [0.05, 0.1) is 29.7 Å². The van der Waals surface area contributed by atoms with Crippen molar-refractivity contribution >= 4 is 17.5 Å². The first kappa shape index (κ1) is 8.89. The number of rotatable bonds is 2. The van der Waals surface area contributed by atoms with E-state index >= 15 is 0 Å². The van der Waals surface area contributed by atoms with Crippen molar-refractivity contribution in [3.63, 3.8) is 0 Å². The van der Waals surface area contributed by atoms with Crippen molar-refractivity contribution in [1.82, 2.24) is 13.7 Å². The molecule has 2 aromatic rings. The molecule has 0 fully saturated rings. The van der Waals surface area contributed by atoms with Crippen LogP contribution in [0.3, 0.4) is 0 Å². The molecule has 0 amide bonds. The summed E-state index contributed by atoms with van der Waals surface area (Å²) in [6, 6.07) is 1.32. The lowest BCUT2D eigenvalue weighted by Gasteiger charge is -1.96. The van der Waals surface area contributed by atoms with Crippen LogP contribution in [0.15, 0.2) is 24.7 Å². The van der Waals surface area contributed by atoms with Gasteiger partial charge in [-0.1, -0.05) is 0 Å². The van der Waals surface area contributed by atoms with Crippen molar-refractivity contribution in [2.24, 2.45) is 0 Å². The third-order valence-corrected chi connectivity index (χ3v) is 2.09. The van der Waals surface area contributed by atoms with Gasteiger partial charge in [-0.2, -0.15) is 8.75 Å². The van der Waals surface area contributed by atoms with E-state index in [1.165, 1.54) is 18.5 Å². The minimum Gasteiger partial charge on any atom is -0.287 e. The average molecular weight is 209 g/mol. The van der Waals surface area contributed by atoms with Gasteiger partial charge in [0.1, 0.15) is 5.69 Å². The summed E-state index contributed by atoms with van der Waals surface area (Å²) >= 11 is 0.910. The van der Waals surface area contributed by atoms with E-state index in [1.807, 2.05) is 0 Å². The number of aromatic nitrogens is 3. The third-order valence-electron chi connectivity index (χ3n) is 1.61. The van der Waals surface area contributed by atoms with Crippen molar-refractivity contribution in [3.05, 3.63) is 41.7 Å². The first-order valence-corrected chi connectivity index (χ1v) is 4.44. The van der Waals surface area contributed by atoms with Gasteiger partial charge in [0.25, 0.3) is 0 Å². The maximum atomic E-state index is 13.1. The minimum atomic E-state index is -0.648. The van der Waals surface area contributed by atoms with E-state index in [-0.39, 0.29) is 11.3 Å². The Labute approximate surface area is 82.8 Å². The second kappa shape index (κ2) is 3.59. The molecule has 0 spiro atoms. The zero-order chi connectivity index (χ0) is 9.97. The number of ketones is 1. The van der Waals surface area contributed by atoms with Gasteiger partial charge in [0, 0.05) is 6.20 Å². The highest BCUT2D eigenvalue weighted by molar-refractivity contribution is 6.99. The monoisotopic (exact) mass is 209 g/mol. The summed E-state index contributed by atoms with van der Waals surface area (Å²) in [6.07, 6.45) is 3.66. The van der Waals surface area contributed by atoms with Crippen LogP contribution in [0.5, 0.6) is 0 Å². The maximum Gasteiger partial charge on any atom is 0.217 e. The average Bonchev–Trinajstić information content (AvgIpc) is 2.70. The van der Waals surface area contributed by atoms with E-state index in [2.05, 4.69) is 13.7 Å². The van der Waals surface area contributed by atoms with Crippen LogP contribution >= 0.6 is 11.7 Å². The first-order valence-electron chi connectivity index (χ1n) is 3.71. The molecule has 0 N–H and O–H groups in total. The molecule has 0 aromatic carbocycles. The number of halogens is 1. The Hall–Kier alpha value is -1.69. The Balaban J connectivity index is 2.42. The zero-order valence-electron chi connectivity index (χ0n) is 6.85. The van der Waals surface area contributed by atoms with Gasteiger partial charge in [-0.15, -0.1) is 0 Å². The molecule has 0 aliphatic rings. The molecule has 0 bridgehead atoms. The summed E-state index contributed by atoms with van der Waals surface area (Å²) in [5.74, 6) is -1.12. The fourth-order valence-corrected chi connectivity index (χ4v) is 1.37. The highest BCUT2D eigenvalue weighted by Gasteiger charge is 2.15. The largest absolute Gasteiger partial charge is 0.287 e. The molecule has 0 saturated carbocycles. The summed E-state index contributed by atoms with van der Waals surface area (Å²) in [4.78, 5) is 15.1. The smallest absolute Gasteiger partial charge is 0.217 e. The number of carbonyl (C=O) groups excluding carboxylic acids is 1. The summed E-state index contributed by atoms with van der Waals surface area (Å²) in [7, 11) is 0. The molecule has 4 nitrogen and oxygen atoms in total. The van der Waals surface area contributed by atoms with Gasteiger partial charge < -0.3 is 0 Å². The predicted molar refractivity (Wildman–Crippen MR) is 47.5 cm³/mol. The fourth-order valence-electron chi connectivity index (χ4n) is 0.962. The lowest BCUT2D eigenvalue weighted by Crippen LogP contribution is -2.04. The molecule has 0 saturated heterocycles. The Morgan fingerprint density at radius 2 is 2.29 bits per heavy atom. The molecular weight excluding hydrogens is 205 g/mol. The van der Waals surface area contributed by atoms with E-state index < -0.39 is 11.6 Å². The highest BCUT2D eigenvalue weighted by Crippen LogP contribution is 2.10. The van der Waals surface area contributed by atoms with E-state index in [4.69, 9.17) is 0 Å². The minimum absolute atomic E-state index is 0.0345. The lowest BCUT2D eigenvalue weighted by molar-refractivity contribution is 0.103. The number of hydrogen-bond donors (Lipinski definition) is 0. The molecule has 70 valence electrons. The van der Waals surface area contributed by atoms with Crippen LogP contribution < -0.4 is 0 Å². The number of pyridine rings is 1. The highest BCUT2D eigenvalue weighted by atomic mass is 32.1. The van der Waals surface area contributed by atoms with Gasteiger partial charge in [-0.05, 0) is 6.07 Å². The van der Waals surface area contributed by atoms with Gasteiger partial charge >= 0.3 is 0 Å². The van der Waals surface area contributed by atoms with Crippen molar-refractivity contribution in [1.29, 1.82) is 0 Å². The lowest BCUT2D eigenvalue weighted by atomic mass is 10.1. The molecule has 2 rings (SSSR count). The molecule has 2 heterocycles. The maximum absolute atomic E-state index is 13.1. The normalized spacial score (nSPS) is 10.1. The van der Waals surface area contributed by atoms with Gasteiger partial charge in [0.15, 0.2) is 5.82 Å². The Bertz CT molecular complexity index is 457. The van der Waals surface area contributed by atoms with E-state index in [9.17, 15) is 9.18 Å². The molecule has 2 aromatic heterocycles. The number of nitrogens with zero attached hydrogens (tertiary/aromatic N) is 3. The van der Waals surface area contributed by atoms with E-state index in [1.54, 1.807) is 0 Å². The third kappa shape index (κ3) is 1.51. The van der Waals surface area contributed by atoms with Crippen LogP contribution in [0.25, 0.3) is 0 Å². The zero-order valence-corrected chi connectivity index (χ0v) is 7.66. The van der Waals surface area contributed by atoms with Crippen LogP contribution in [0, 0.1) is 5.82 Å². The Morgan fingerprint density at radius 1 is 1.43 bits per heavy atom. The van der Waals surface area contributed by atoms with Crippen molar-refractivity contribution in [3.8, 4) is 0 Å². The Morgan fingerprint density at radius 3 is 2.93 bits per heavy atom. The fraction of sp³-hybridized carbons (Fsp3) is 0. The Kier molecular flexibility index (Phi) is 2.28. The predicted octanol–water partition coefficient (Wildman–Crippen LogP) is 1.30. The second-order valence-corrected chi connectivity index (χ2v) is 3.03. The van der Waals surface area contributed by atoms with Crippen LogP contribution in [0.4, 0.5) is 4.39 Å². The van der Waals surface area contributed by atoms with Crippen molar-refractivity contribution in [2.75, 3.05) is 0 Å². The molecule has 6 heteroatoms. The van der Waals surface area contributed by atoms with Crippen LogP contribution in [-0.2, 0) is 0 Å². The van der Waals surface area contributed by atoms with E-state index in [0.29, 0.717) is 0 Å². The van der Waals surface area contributed by atoms with E-state index in [0.717, 1.165) is 17.9 Å². The SMILES string of the molecule is O=C(c1cnsn1)c1ccncc1F. The standard InChI is InChI=1S/C8H4FN3OS/c9-6-3-10-2-1-5(6)8(13)7-4-11-14-12-7/h1-4H. The molecule has 0 unspecified atom stereocenters. The topological polar surface area (TPSA) is 55.7 Å². The van der Waals surface area contributed by atoms with Gasteiger partial charge in [-0.25, -0.2) is 4.39 Å². The summed E-state index contributed by atoms with van der Waals surface area (Å²) in [6.45, 7) is 0. The van der Waals surface area contributed by atoms with Crippen LogP contribution in [0.2, 0.25) is 0 Å². The number of carbonyl (C=O) groups is 1.